The van der Waals surface area contributed by atoms with Crippen LogP contribution in [0.2, 0.25) is 5.28 Å². The second-order valence-electron chi connectivity index (χ2n) is 10.0. The highest BCUT2D eigenvalue weighted by Crippen LogP contribution is 2.30. The zero-order valence-corrected chi connectivity index (χ0v) is 26.1. The van der Waals surface area contributed by atoms with Gasteiger partial charge in [-0.25, -0.2) is 23.5 Å². The molecule has 236 valence electrons. The van der Waals surface area contributed by atoms with E-state index in [1.165, 1.54) is 25.3 Å². The summed E-state index contributed by atoms with van der Waals surface area (Å²) in [5.41, 5.74) is 6.07. The molecule has 1 aromatic heterocycles. The Morgan fingerprint density at radius 1 is 1.19 bits per heavy atom. The van der Waals surface area contributed by atoms with Crippen molar-refractivity contribution in [2.75, 3.05) is 37.1 Å². The first-order valence-corrected chi connectivity index (χ1v) is 15.1. The van der Waals surface area contributed by atoms with Crippen LogP contribution in [0.3, 0.4) is 0 Å². The van der Waals surface area contributed by atoms with Crippen LogP contribution in [-0.2, 0) is 26.1 Å². The number of benzene rings is 2. The number of hydrogen-bond donors (Lipinski definition) is 3. The number of aromatic nitrogens is 2. The molecule has 0 aliphatic rings. The normalized spacial score (nSPS) is 11.7. The number of nitrogens with zero attached hydrogens (tertiary/aromatic N) is 3. The molecule has 0 aliphatic carbocycles. The van der Waals surface area contributed by atoms with Gasteiger partial charge in [-0.05, 0) is 81.1 Å². The number of ether oxygens (including phenoxy) is 2. The number of carbonyl (C=O) groups is 1. The Morgan fingerprint density at radius 3 is 2.51 bits per heavy atom. The van der Waals surface area contributed by atoms with Gasteiger partial charge in [-0.1, -0.05) is 0 Å². The molecule has 0 aliphatic heterocycles. The third-order valence-corrected chi connectivity index (χ3v) is 6.15. The van der Waals surface area contributed by atoms with Gasteiger partial charge in [-0.2, -0.15) is 0 Å². The van der Waals surface area contributed by atoms with Crippen molar-refractivity contribution in [3.05, 3.63) is 65.1 Å². The first-order chi connectivity index (χ1) is 20.2. The number of rotatable bonds is 12. The highest BCUT2D eigenvalue weighted by atomic mass is 35.5. The van der Waals surface area contributed by atoms with E-state index in [4.69, 9.17) is 26.9 Å². The lowest BCUT2D eigenvalue weighted by atomic mass is 10.1. The van der Waals surface area contributed by atoms with Crippen molar-refractivity contribution in [3.63, 3.8) is 0 Å². The number of unbranched alkanes of at least 4 members (excludes halogenated alkanes) is 1. The van der Waals surface area contributed by atoms with Crippen LogP contribution in [0.5, 0.6) is 5.75 Å². The first kappa shape index (κ1) is 35.6. The Balaban J connectivity index is 0.000000708. The van der Waals surface area contributed by atoms with Crippen LogP contribution in [0.4, 0.5) is 25.0 Å². The summed E-state index contributed by atoms with van der Waals surface area (Å²) in [7, 11) is 0.248. The van der Waals surface area contributed by atoms with Crippen molar-refractivity contribution in [1.82, 2.24) is 9.97 Å². The molecule has 0 spiro atoms. The zero-order chi connectivity index (χ0) is 32.2. The maximum Gasteiger partial charge on any atom is 0.405 e. The van der Waals surface area contributed by atoms with Crippen molar-refractivity contribution in [3.8, 4) is 17.0 Å². The zero-order valence-electron chi connectivity index (χ0n) is 24.5. The topological polar surface area (TPSA) is 149 Å². The number of carbonyl (C=O) groups excluding carboxylic acids is 1. The van der Waals surface area contributed by atoms with Gasteiger partial charge in [0.2, 0.25) is 5.28 Å². The van der Waals surface area contributed by atoms with E-state index in [-0.39, 0.29) is 11.0 Å². The summed E-state index contributed by atoms with van der Waals surface area (Å²) in [4.78, 5) is 22.3. The Bertz CT molecular complexity index is 1400. The lowest BCUT2D eigenvalue weighted by Crippen LogP contribution is -2.27. The first-order valence-electron chi connectivity index (χ1n) is 13.0. The number of nitrogens with two attached hydrogens (primary N) is 1. The Labute approximate surface area is 256 Å². The van der Waals surface area contributed by atoms with Crippen molar-refractivity contribution in [2.24, 2.45) is 5.73 Å². The molecule has 0 radical (unpaired) electrons. The van der Waals surface area contributed by atoms with Gasteiger partial charge in [0.1, 0.15) is 22.9 Å². The van der Waals surface area contributed by atoms with E-state index in [1.54, 1.807) is 45.2 Å². The standard InChI is InChI=1S/C23H25ClF2N4O4S.C5H11NO2/c1-33-30(31)17-9-15(14-35(2)32)10-18(12-17)34-8-4-3-7-27-21-11-16(25)5-6-19(21)22-20(26)13-28-23(24)29-22;1-5(2,3)8-4(6)7/h5-6,9-13,27,31H,3-4,7-8,14H2,1-2H3;1-3H3,(H2,6,7). The summed E-state index contributed by atoms with van der Waals surface area (Å²) < 4.78 is 50.0. The number of halogens is 3. The van der Waals surface area contributed by atoms with E-state index in [0.29, 0.717) is 59.7 Å². The SMILES string of the molecule is CC(C)(C)OC(N)=O.CON(O)c1cc(CS(C)=O)cc(OCCCCNc2cc(F)ccc2-c2nc(Cl)ncc2F)c1. The number of hydrogen-bond acceptors (Lipinski definition) is 10. The molecule has 4 N–H and O–H groups in total. The molecule has 0 bridgehead atoms. The van der Waals surface area contributed by atoms with E-state index < -0.39 is 34.1 Å². The molecule has 0 saturated heterocycles. The number of nitrogens with one attached hydrogen (secondary N) is 1. The van der Waals surface area contributed by atoms with Crippen molar-refractivity contribution < 1.29 is 37.3 Å². The molecule has 3 rings (SSSR count). The number of amides is 1. The minimum absolute atomic E-state index is 0.0199. The molecule has 1 heterocycles. The minimum atomic E-state index is -1.07. The van der Waals surface area contributed by atoms with Gasteiger partial charge < -0.3 is 20.5 Å². The quantitative estimate of drug-likeness (QED) is 0.124. The largest absolute Gasteiger partial charge is 0.494 e. The minimum Gasteiger partial charge on any atom is -0.494 e. The molecule has 15 heteroatoms. The lowest BCUT2D eigenvalue weighted by molar-refractivity contribution is -0.0111. The van der Waals surface area contributed by atoms with E-state index in [0.717, 1.165) is 11.8 Å². The fourth-order valence-electron chi connectivity index (χ4n) is 3.61. The van der Waals surface area contributed by atoms with Crippen LogP contribution in [-0.4, -0.2) is 57.6 Å². The Morgan fingerprint density at radius 2 is 1.91 bits per heavy atom. The van der Waals surface area contributed by atoms with Crippen LogP contribution < -0.4 is 21.0 Å². The monoisotopic (exact) mass is 643 g/mol. The van der Waals surface area contributed by atoms with Gasteiger partial charge in [0, 0.05) is 46.7 Å². The highest BCUT2D eigenvalue weighted by Gasteiger charge is 2.15. The average Bonchev–Trinajstić information content (AvgIpc) is 2.90. The van der Waals surface area contributed by atoms with Crippen LogP contribution >= 0.6 is 11.6 Å². The molecule has 0 saturated carbocycles. The van der Waals surface area contributed by atoms with Crippen molar-refractivity contribution >= 4 is 39.9 Å². The van der Waals surface area contributed by atoms with Crippen molar-refractivity contribution in [2.45, 2.75) is 45.0 Å². The summed E-state index contributed by atoms with van der Waals surface area (Å²) in [6, 6.07) is 8.93. The van der Waals surface area contributed by atoms with Gasteiger partial charge in [0.05, 0.1) is 25.6 Å². The van der Waals surface area contributed by atoms with Gasteiger partial charge in [0.15, 0.2) is 5.82 Å². The number of anilines is 2. The smallest absolute Gasteiger partial charge is 0.405 e. The van der Waals surface area contributed by atoms with Crippen molar-refractivity contribution in [1.29, 1.82) is 0 Å². The van der Waals surface area contributed by atoms with Gasteiger partial charge in [0.25, 0.3) is 0 Å². The summed E-state index contributed by atoms with van der Waals surface area (Å²) in [6.45, 7) is 6.12. The third-order valence-electron chi connectivity index (χ3n) is 5.23. The predicted molar refractivity (Wildman–Crippen MR) is 162 cm³/mol. The fraction of sp³-hybridized carbons (Fsp3) is 0.393. The van der Waals surface area contributed by atoms with Gasteiger partial charge in [-0.15, -0.1) is 5.23 Å². The molecule has 43 heavy (non-hydrogen) atoms. The van der Waals surface area contributed by atoms with Gasteiger partial charge in [-0.3, -0.25) is 14.3 Å². The summed E-state index contributed by atoms with van der Waals surface area (Å²) in [6.07, 6.45) is 3.15. The van der Waals surface area contributed by atoms with Crippen LogP contribution in [0.15, 0.2) is 42.6 Å². The summed E-state index contributed by atoms with van der Waals surface area (Å²) in [5.74, 6) is -0.339. The van der Waals surface area contributed by atoms with Crippen LogP contribution in [0, 0.1) is 11.6 Å². The molecule has 0 fully saturated rings. The summed E-state index contributed by atoms with van der Waals surface area (Å²) >= 11 is 5.80. The summed E-state index contributed by atoms with van der Waals surface area (Å²) in [5, 5.41) is 13.4. The number of primary amides is 1. The van der Waals surface area contributed by atoms with E-state index in [2.05, 4.69) is 20.0 Å². The molecule has 1 atom stereocenters. The Hall–Kier alpha value is -3.59. The maximum absolute atomic E-state index is 14.2. The highest BCUT2D eigenvalue weighted by molar-refractivity contribution is 7.83. The second-order valence-corrected chi connectivity index (χ2v) is 11.8. The molecule has 1 unspecified atom stereocenters. The van der Waals surface area contributed by atoms with E-state index in [1.807, 2.05) is 0 Å². The predicted octanol–water partition coefficient (Wildman–Crippen LogP) is 5.86. The maximum atomic E-state index is 14.2. The molecule has 11 nitrogen and oxygen atoms in total. The van der Waals surface area contributed by atoms with E-state index >= 15 is 0 Å². The molecular weight excluding hydrogens is 608 g/mol. The van der Waals surface area contributed by atoms with Crippen LogP contribution in [0.1, 0.15) is 39.2 Å². The second kappa shape index (κ2) is 16.9. The molecule has 2 aromatic carbocycles. The average molecular weight is 644 g/mol. The van der Waals surface area contributed by atoms with Gasteiger partial charge >= 0.3 is 6.09 Å². The fourth-order valence-corrected chi connectivity index (χ4v) is 4.38. The Kier molecular flexibility index (Phi) is 14.0. The molecule has 1 amide bonds. The lowest BCUT2D eigenvalue weighted by Gasteiger charge is -2.16. The van der Waals surface area contributed by atoms with Crippen LogP contribution in [0.25, 0.3) is 11.3 Å². The molecule has 3 aromatic rings. The van der Waals surface area contributed by atoms with E-state index in [9.17, 15) is 23.0 Å². The third kappa shape index (κ3) is 13.1. The molecular formula is C28H36ClF2N5O6S.